The third-order valence-electron chi connectivity index (χ3n) is 2.74. The molecule has 0 amide bonds. The van der Waals surface area contributed by atoms with E-state index < -0.39 is 0 Å². The third kappa shape index (κ3) is 4.27. The fraction of sp³-hybridized carbons (Fsp3) is 0.286. The minimum absolute atomic E-state index is 0. The van der Waals surface area contributed by atoms with Gasteiger partial charge in [0.05, 0.1) is 4.47 Å². The van der Waals surface area contributed by atoms with Crippen LogP contribution in [0.25, 0.3) is 0 Å². The van der Waals surface area contributed by atoms with Crippen molar-refractivity contribution in [3.8, 4) is 0 Å². The molecule has 0 aromatic carbocycles. The number of hydrogen-bond donors (Lipinski definition) is 0. The Morgan fingerprint density at radius 2 is 1.90 bits per heavy atom. The molecule has 110 valence electrons. The van der Waals surface area contributed by atoms with E-state index in [9.17, 15) is 0 Å². The van der Waals surface area contributed by atoms with Gasteiger partial charge >= 0.3 is 0 Å². The second kappa shape index (κ2) is 8.75. The van der Waals surface area contributed by atoms with Crippen LogP contribution in [0.4, 0.5) is 11.6 Å². The summed E-state index contributed by atoms with van der Waals surface area (Å²) in [4.78, 5) is 11.0. The van der Waals surface area contributed by atoms with Crippen molar-refractivity contribution in [1.29, 1.82) is 0 Å². The van der Waals surface area contributed by atoms with Crippen LogP contribution in [0.15, 0.2) is 45.6 Å². The predicted molar refractivity (Wildman–Crippen MR) is 85.8 cm³/mol. The van der Waals surface area contributed by atoms with Crippen LogP contribution in [0, 0.1) is 0 Å². The van der Waals surface area contributed by atoms with Crippen LogP contribution in [-0.4, -0.2) is 16.5 Å². The van der Waals surface area contributed by atoms with E-state index in [2.05, 4.69) is 53.7 Å². The molecule has 6 heteroatoms. The molecule has 2 heterocycles. The Morgan fingerprint density at radius 3 is 2.55 bits per heavy atom. The molecular formula is C14H15Br2N3Ni. The van der Waals surface area contributed by atoms with Crippen molar-refractivity contribution in [3.05, 3.63) is 45.6 Å². The smallest absolute Gasteiger partial charge is 0.149 e. The van der Waals surface area contributed by atoms with E-state index in [1.165, 1.54) is 0 Å². The summed E-state index contributed by atoms with van der Waals surface area (Å²) < 4.78 is 1.95. The molecule has 2 aromatic heterocycles. The molecule has 0 unspecified atom stereocenters. The Kier molecular flexibility index (Phi) is 7.71. The maximum atomic E-state index is 4.48. The van der Waals surface area contributed by atoms with Gasteiger partial charge in [-0.05, 0) is 56.5 Å². The van der Waals surface area contributed by atoms with Crippen molar-refractivity contribution in [3.63, 3.8) is 0 Å². The second-order valence-corrected chi connectivity index (χ2v) is 5.77. The van der Waals surface area contributed by atoms with E-state index in [1.54, 1.807) is 12.4 Å². The van der Waals surface area contributed by atoms with Gasteiger partial charge in [-0.2, -0.15) is 0 Å². The molecule has 3 nitrogen and oxygen atoms in total. The van der Waals surface area contributed by atoms with Gasteiger partial charge in [0.1, 0.15) is 11.6 Å². The number of anilines is 2. The van der Waals surface area contributed by atoms with Gasteiger partial charge in [0.2, 0.25) is 0 Å². The Balaban J connectivity index is 0.00000200. The number of rotatable bonds is 5. The first-order valence-electron chi connectivity index (χ1n) is 6.22. The van der Waals surface area contributed by atoms with Crippen LogP contribution in [0.2, 0.25) is 0 Å². The van der Waals surface area contributed by atoms with Crippen molar-refractivity contribution < 1.29 is 16.5 Å². The topological polar surface area (TPSA) is 29.0 Å². The van der Waals surface area contributed by atoms with Gasteiger partial charge in [-0.15, -0.1) is 0 Å². The summed E-state index contributed by atoms with van der Waals surface area (Å²) in [7, 11) is 0. The quantitative estimate of drug-likeness (QED) is 0.613. The van der Waals surface area contributed by atoms with E-state index in [0.717, 1.165) is 40.0 Å². The van der Waals surface area contributed by atoms with Crippen LogP contribution in [0.5, 0.6) is 0 Å². The molecule has 0 bridgehead atoms. The summed E-state index contributed by atoms with van der Waals surface area (Å²) >= 11 is 7.11. The van der Waals surface area contributed by atoms with Crippen LogP contribution in [0.3, 0.4) is 0 Å². The fourth-order valence-electron chi connectivity index (χ4n) is 1.76. The van der Waals surface area contributed by atoms with Gasteiger partial charge in [0.25, 0.3) is 0 Å². The fourth-order valence-corrected chi connectivity index (χ4v) is 2.50. The van der Waals surface area contributed by atoms with Crippen molar-refractivity contribution >= 4 is 43.5 Å². The molecule has 0 aliphatic rings. The number of aromatic nitrogens is 2. The molecule has 2 rings (SSSR count). The molecule has 0 fully saturated rings. The zero-order valence-electron chi connectivity index (χ0n) is 11.0. The van der Waals surface area contributed by atoms with Gasteiger partial charge < -0.3 is 4.90 Å². The molecule has 0 saturated heterocycles. The molecule has 0 radical (unpaired) electrons. The average molecular weight is 444 g/mol. The molecule has 0 aliphatic heterocycles. The summed E-state index contributed by atoms with van der Waals surface area (Å²) in [6, 6.07) is 7.84. The SMILES string of the molecule is CCCCN(c1ccccn1)c1nccc(Br)c1Br.[Ni]. The van der Waals surface area contributed by atoms with Gasteiger partial charge in [0.15, 0.2) is 0 Å². The van der Waals surface area contributed by atoms with E-state index in [0.29, 0.717) is 0 Å². The molecular weight excluding hydrogens is 429 g/mol. The number of nitrogens with zero attached hydrogens (tertiary/aromatic N) is 3. The van der Waals surface area contributed by atoms with Crippen molar-refractivity contribution in [2.75, 3.05) is 11.4 Å². The van der Waals surface area contributed by atoms with Crippen LogP contribution in [0.1, 0.15) is 19.8 Å². The van der Waals surface area contributed by atoms with E-state index in [4.69, 9.17) is 0 Å². The number of hydrogen-bond acceptors (Lipinski definition) is 3. The number of halogens is 2. The Bertz CT molecular complexity index is 537. The summed E-state index contributed by atoms with van der Waals surface area (Å²) in [6.07, 6.45) is 5.83. The Morgan fingerprint density at radius 1 is 1.10 bits per heavy atom. The first-order valence-corrected chi connectivity index (χ1v) is 7.81. The number of unbranched alkanes of at least 4 members (excludes halogenated alkanes) is 1. The largest absolute Gasteiger partial charge is 0.310 e. The van der Waals surface area contributed by atoms with Crippen molar-refractivity contribution in [2.45, 2.75) is 19.8 Å². The standard InChI is InChI=1S/C14H15Br2N3.Ni/c1-2-3-10-19(12-6-4-5-8-17-12)14-13(16)11(15)7-9-18-14;/h4-9H,2-3,10H2,1H3;. The first-order chi connectivity index (χ1) is 9.24. The summed E-state index contributed by atoms with van der Waals surface area (Å²) in [6.45, 7) is 3.08. The molecule has 0 spiro atoms. The minimum Gasteiger partial charge on any atom is -0.310 e. The molecule has 0 atom stereocenters. The van der Waals surface area contributed by atoms with Gasteiger partial charge in [-0.1, -0.05) is 19.4 Å². The molecule has 0 saturated carbocycles. The predicted octanol–water partition coefficient (Wildman–Crippen LogP) is 4.94. The van der Waals surface area contributed by atoms with Gasteiger partial charge in [0, 0.05) is 39.9 Å². The third-order valence-corrected chi connectivity index (χ3v) is 4.72. The van der Waals surface area contributed by atoms with Gasteiger partial charge in [-0.25, -0.2) is 9.97 Å². The van der Waals surface area contributed by atoms with Crippen LogP contribution in [-0.2, 0) is 16.5 Å². The maximum Gasteiger partial charge on any atom is 0.149 e. The zero-order valence-corrected chi connectivity index (χ0v) is 15.2. The summed E-state index contributed by atoms with van der Waals surface area (Å²) in [5, 5.41) is 0. The monoisotopic (exact) mass is 441 g/mol. The number of pyridine rings is 2. The van der Waals surface area contributed by atoms with Crippen LogP contribution < -0.4 is 4.90 Å². The summed E-state index contributed by atoms with van der Waals surface area (Å²) in [5.74, 6) is 1.81. The Hall–Kier alpha value is -0.446. The molecule has 0 aliphatic carbocycles. The summed E-state index contributed by atoms with van der Waals surface area (Å²) in [5.41, 5.74) is 0. The average Bonchev–Trinajstić information content (AvgIpc) is 2.45. The minimum atomic E-state index is 0. The Labute approximate surface area is 146 Å². The van der Waals surface area contributed by atoms with E-state index in [1.807, 2.05) is 24.3 Å². The first kappa shape index (κ1) is 17.6. The zero-order chi connectivity index (χ0) is 13.7. The second-order valence-electron chi connectivity index (χ2n) is 4.12. The molecule has 0 N–H and O–H groups in total. The van der Waals surface area contributed by atoms with Crippen molar-refractivity contribution in [1.82, 2.24) is 9.97 Å². The normalized spacial score (nSPS) is 9.95. The van der Waals surface area contributed by atoms with Crippen molar-refractivity contribution in [2.24, 2.45) is 0 Å². The van der Waals surface area contributed by atoms with E-state index >= 15 is 0 Å². The maximum absolute atomic E-state index is 4.48. The molecule has 20 heavy (non-hydrogen) atoms. The van der Waals surface area contributed by atoms with Gasteiger partial charge in [-0.3, -0.25) is 0 Å². The molecule has 2 aromatic rings. The van der Waals surface area contributed by atoms with Crippen LogP contribution >= 0.6 is 31.9 Å². The van der Waals surface area contributed by atoms with E-state index in [-0.39, 0.29) is 16.5 Å².